The molecular formula is C19H32N2O2. The van der Waals surface area contributed by atoms with Gasteiger partial charge < -0.3 is 10.1 Å². The van der Waals surface area contributed by atoms with Crippen LogP contribution in [0, 0.1) is 6.92 Å². The zero-order valence-electron chi connectivity index (χ0n) is 15.3. The molecule has 130 valence electrons. The molecule has 1 amide bonds. The molecule has 23 heavy (non-hydrogen) atoms. The molecule has 0 saturated heterocycles. The zero-order valence-corrected chi connectivity index (χ0v) is 15.3. The van der Waals surface area contributed by atoms with Gasteiger partial charge in [0.25, 0.3) is 0 Å². The van der Waals surface area contributed by atoms with E-state index in [1.54, 1.807) is 0 Å². The number of ether oxygens (including phenoxy) is 1. The smallest absolute Gasteiger partial charge is 0.220 e. The SMILES string of the molecule is Cc1cccc(OCCCC(=O)NCCN(C(C)C)C(C)C)c1. The van der Waals surface area contributed by atoms with Gasteiger partial charge in [0.2, 0.25) is 5.91 Å². The Balaban J connectivity index is 2.15. The van der Waals surface area contributed by atoms with Crippen LogP contribution >= 0.6 is 0 Å². The Morgan fingerprint density at radius 3 is 2.52 bits per heavy atom. The van der Waals surface area contributed by atoms with Gasteiger partial charge in [-0.1, -0.05) is 12.1 Å². The number of hydrogen-bond acceptors (Lipinski definition) is 3. The molecule has 0 saturated carbocycles. The summed E-state index contributed by atoms with van der Waals surface area (Å²) in [4.78, 5) is 14.2. The molecule has 0 fully saturated rings. The molecule has 0 radical (unpaired) electrons. The molecular weight excluding hydrogens is 288 g/mol. The third kappa shape index (κ3) is 8.03. The summed E-state index contributed by atoms with van der Waals surface area (Å²) in [5.41, 5.74) is 1.18. The van der Waals surface area contributed by atoms with Gasteiger partial charge in [-0.15, -0.1) is 0 Å². The topological polar surface area (TPSA) is 41.6 Å². The van der Waals surface area contributed by atoms with E-state index < -0.39 is 0 Å². The summed E-state index contributed by atoms with van der Waals surface area (Å²) in [5, 5.41) is 2.99. The van der Waals surface area contributed by atoms with Gasteiger partial charge in [0.1, 0.15) is 5.75 Å². The largest absolute Gasteiger partial charge is 0.494 e. The van der Waals surface area contributed by atoms with E-state index in [-0.39, 0.29) is 5.91 Å². The molecule has 0 aliphatic rings. The molecule has 0 aromatic heterocycles. The van der Waals surface area contributed by atoms with E-state index in [1.807, 2.05) is 31.2 Å². The monoisotopic (exact) mass is 320 g/mol. The van der Waals surface area contributed by atoms with Crippen molar-refractivity contribution in [3.8, 4) is 5.75 Å². The zero-order chi connectivity index (χ0) is 17.2. The lowest BCUT2D eigenvalue weighted by atomic mass is 10.2. The van der Waals surface area contributed by atoms with Crippen LogP contribution in [0.1, 0.15) is 46.1 Å². The van der Waals surface area contributed by atoms with Crippen LogP contribution in [0.2, 0.25) is 0 Å². The van der Waals surface area contributed by atoms with E-state index in [1.165, 1.54) is 5.56 Å². The van der Waals surface area contributed by atoms with E-state index in [9.17, 15) is 4.79 Å². The minimum absolute atomic E-state index is 0.102. The van der Waals surface area contributed by atoms with Crippen molar-refractivity contribution < 1.29 is 9.53 Å². The number of carbonyl (C=O) groups is 1. The standard InChI is InChI=1S/C19H32N2O2/c1-15(2)21(16(3)4)12-11-20-19(22)10-7-13-23-18-9-6-8-17(5)14-18/h6,8-9,14-16H,7,10-13H2,1-5H3,(H,20,22). The maximum atomic E-state index is 11.8. The van der Waals surface area contributed by atoms with Crippen LogP contribution in [0.5, 0.6) is 5.75 Å². The molecule has 0 heterocycles. The molecule has 1 aromatic carbocycles. The van der Waals surface area contributed by atoms with Crippen LogP contribution in [-0.2, 0) is 4.79 Å². The lowest BCUT2D eigenvalue weighted by molar-refractivity contribution is -0.121. The maximum Gasteiger partial charge on any atom is 0.220 e. The van der Waals surface area contributed by atoms with E-state index in [0.29, 0.717) is 31.7 Å². The molecule has 0 unspecified atom stereocenters. The van der Waals surface area contributed by atoms with Crippen molar-refractivity contribution in [2.75, 3.05) is 19.7 Å². The van der Waals surface area contributed by atoms with Crippen LogP contribution in [0.15, 0.2) is 24.3 Å². The normalized spacial score (nSPS) is 11.3. The van der Waals surface area contributed by atoms with Gasteiger partial charge in [-0.3, -0.25) is 9.69 Å². The number of hydrogen-bond donors (Lipinski definition) is 1. The predicted octanol–water partition coefficient (Wildman–Crippen LogP) is 3.39. The molecule has 1 N–H and O–H groups in total. The fraction of sp³-hybridized carbons (Fsp3) is 0.632. The Hall–Kier alpha value is -1.55. The van der Waals surface area contributed by atoms with Gasteiger partial charge in [-0.05, 0) is 58.7 Å². The van der Waals surface area contributed by atoms with E-state index in [4.69, 9.17) is 4.74 Å². The van der Waals surface area contributed by atoms with Gasteiger partial charge in [-0.25, -0.2) is 0 Å². The van der Waals surface area contributed by atoms with Gasteiger partial charge in [0, 0.05) is 31.6 Å². The van der Waals surface area contributed by atoms with Crippen molar-refractivity contribution in [1.82, 2.24) is 10.2 Å². The highest BCUT2D eigenvalue weighted by Crippen LogP contribution is 2.12. The van der Waals surface area contributed by atoms with Crippen LogP contribution in [-0.4, -0.2) is 42.6 Å². The highest BCUT2D eigenvalue weighted by atomic mass is 16.5. The molecule has 1 rings (SSSR count). The molecule has 1 aromatic rings. The number of rotatable bonds is 10. The lowest BCUT2D eigenvalue weighted by Crippen LogP contribution is -2.42. The van der Waals surface area contributed by atoms with Gasteiger partial charge >= 0.3 is 0 Å². The minimum Gasteiger partial charge on any atom is -0.494 e. The highest BCUT2D eigenvalue weighted by molar-refractivity contribution is 5.75. The van der Waals surface area contributed by atoms with Crippen molar-refractivity contribution >= 4 is 5.91 Å². The first kappa shape index (κ1) is 19.5. The van der Waals surface area contributed by atoms with Gasteiger partial charge in [0.05, 0.1) is 6.61 Å². The first-order chi connectivity index (χ1) is 10.9. The van der Waals surface area contributed by atoms with Crippen LogP contribution in [0.4, 0.5) is 0 Å². The Morgan fingerprint density at radius 1 is 1.22 bits per heavy atom. The van der Waals surface area contributed by atoms with Crippen LogP contribution in [0.25, 0.3) is 0 Å². The summed E-state index contributed by atoms with van der Waals surface area (Å²) >= 11 is 0. The second kappa shape index (κ2) is 10.3. The van der Waals surface area contributed by atoms with Crippen molar-refractivity contribution in [2.45, 2.75) is 59.5 Å². The average Bonchev–Trinajstić information content (AvgIpc) is 2.47. The Morgan fingerprint density at radius 2 is 1.91 bits per heavy atom. The third-order valence-corrected chi connectivity index (χ3v) is 3.83. The number of nitrogens with one attached hydrogen (secondary N) is 1. The third-order valence-electron chi connectivity index (χ3n) is 3.83. The quantitative estimate of drug-likeness (QED) is 0.672. The number of amides is 1. The van der Waals surface area contributed by atoms with E-state index in [2.05, 4.69) is 37.9 Å². The number of carbonyl (C=O) groups excluding carboxylic acids is 1. The molecule has 4 heteroatoms. The molecule has 0 aliphatic heterocycles. The maximum absolute atomic E-state index is 11.8. The summed E-state index contributed by atoms with van der Waals surface area (Å²) in [6.45, 7) is 12.9. The highest BCUT2D eigenvalue weighted by Gasteiger charge is 2.12. The van der Waals surface area contributed by atoms with Gasteiger partial charge in [0.15, 0.2) is 0 Å². The van der Waals surface area contributed by atoms with Crippen LogP contribution < -0.4 is 10.1 Å². The predicted molar refractivity (Wildman–Crippen MR) is 95.9 cm³/mol. The summed E-state index contributed by atoms with van der Waals surface area (Å²) < 4.78 is 5.65. The average molecular weight is 320 g/mol. The molecule has 4 nitrogen and oxygen atoms in total. The first-order valence-electron chi connectivity index (χ1n) is 8.62. The summed E-state index contributed by atoms with van der Waals surface area (Å²) in [7, 11) is 0. The second-order valence-electron chi connectivity index (χ2n) is 6.54. The molecule has 0 spiro atoms. The second-order valence-corrected chi connectivity index (χ2v) is 6.54. The van der Waals surface area contributed by atoms with Crippen molar-refractivity contribution in [2.24, 2.45) is 0 Å². The molecule has 0 bridgehead atoms. The fourth-order valence-electron chi connectivity index (χ4n) is 2.65. The number of benzene rings is 1. The summed E-state index contributed by atoms with van der Waals surface area (Å²) in [6.07, 6.45) is 1.24. The Kier molecular flexibility index (Phi) is 8.70. The molecule has 0 atom stereocenters. The fourth-order valence-corrected chi connectivity index (χ4v) is 2.65. The van der Waals surface area contributed by atoms with E-state index in [0.717, 1.165) is 18.7 Å². The van der Waals surface area contributed by atoms with Gasteiger partial charge in [-0.2, -0.15) is 0 Å². The summed E-state index contributed by atoms with van der Waals surface area (Å²) in [5.74, 6) is 0.972. The molecule has 0 aliphatic carbocycles. The van der Waals surface area contributed by atoms with Crippen molar-refractivity contribution in [1.29, 1.82) is 0 Å². The Labute approximate surface area is 141 Å². The lowest BCUT2D eigenvalue weighted by Gasteiger charge is -2.30. The van der Waals surface area contributed by atoms with Crippen molar-refractivity contribution in [3.63, 3.8) is 0 Å². The number of nitrogens with zero attached hydrogens (tertiary/aromatic N) is 1. The summed E-state index contributed by atoms with van der Waals surface area (Å²) in [6, 6.07) is 8.96. The minimum atomic E-state index is 0.102. The Bertz CT molecular complexity index is 464. The first-order valence-corrected chi connectivity index (χ1v) is 8.62. The van der Waals surface area contributed by atoms with E-state index >= 15 is 0 Å². The van der Waals surface area contributed by atoms with Crippen molar-refractivity contribution in [3.05, 3.63) is 29.8 Å². The number of aryl methyl sites for hydroxylation is 1. The van der Waals surface area contributed by atoms with Crippen LogP contribution in [0.3, 0.4) is 0 Å².